The Morgan fingerprint density at radius 2 is 1.90 bits per heavy atom. The number of carbonyl (C=O) groups excluding carboxylic acids is 1. The molecular weight excluding hydrogens is 282 g/mol. The molecule has 20 heavy (non-hydrogen) atoms. The smallest absolute Gasteiger partial charge is 0.251 e. The van der Waals surface area contributed by atoms with Crippen molar-refractivity contribution in [3.05, 3.63) is 29.3 Å². The number of rotatable bonds is 4. The minimum absolute atomic E-state index is 0.0277. The van der Waals surface area contributed by atoms with Crippen LogP contribution in [0.5, 0.6) is 0 Å². The van der Waals surface area contributed by atoms with Gasteiger partial charge in [0.1, 0.15) is 17.3 Å². The summed E-state index contributed by atoms with van der Waals surface area (Å²) in [5, 5.41) is 5.44. The van der Waals surface area contributed by atoms with E-state index >= 15 is 0 Å². The number of hydrogen-bond donors (Lipinski definition) is 2. The van der Waals surface area contributed by atoms with Crippen molar-refractivity contribution in [1.82, 2.24) is 5.32 Å². The van der Waals surface area contributed by atoms with Crippen LogP contribution in [0.1, 0.15) is 30.1 Å². The summed E-state index contributed by atoms with van der Waals surface area (Å²) in [6.45, 7) is 2.17. The highest BCUT2D eigenvalue weighted by Gasteiger charge is 2.19. The Morgan fingerprint density at radius 3 is 2.45 bits per heavy atom. The van der Waals surface area contributed by atoms with Gasteiger partial charge in [0.05, 0.1) is 0 Å². The van der Waals surface area contributed by atoms with E-state index in [1.807, 2.05) is 11.8 Å². The van der Waals surface area contributed by atoms with Crippen molar-refractivity contribution in [3.8, 4) is 0 Å². The maximum atomic E-state index is 13.8. The number of halogens is 2. The maximum absolute atomic E-state index is 13.8. The van der Waals surface area contributed by atoms with E-state index in [-0.39, 0.29) is 17.3 Å². The number of amides is 1. The first-order valence-electron chi connectivity index (χ1n) is 6.73. The summed E-state index contributed by atoms with van der Waals surface area (Å²) in [5.41, 5.74) is -0.155. The third-order valence-corrected chi connectivity index (χ3v) is 4.26. The number of anilines is 1. The molecule has 3 nitrogen and oxygen atoms in total. The lowest BCUT2D eigenvalue weighted by atomic mass is 10.1. The third-order valence-electron chi connectivity index (χ3n) is 3.21. The van der Waals surface area contributed by atoms with Crippen LogP contribution in [-0.4, -0.2) is 30.0 Å². The van der Waals surface area contributed by atoms with Gasteiger partial charge in [-0.05, 0) is 43.4 Å². The molecule has 0 bridgehead atoms. The molecule has 0 radical (unpaired) electrons. The molecule has 0 aromatic heterocycles. The van der Waals surface area contributed by atoms with E-state index in [0.717, 1.165) is 36.5 Å². The second-order valence-electron chi connectivity index (χ2n) is 4.71. The first kappa shape index (κ1) is 15.1. The molecule has 0 unspecified atom stereocenters. The SMILES string of the molecule is CCNc1c(F)cc(C(=O)NC2CCSCC2)cc1F. The Kier molecular flexibility index (Phi) is 5.23. The molecule has 1 aromatic rings. The zero-order valence-electron chi connectivity index (χ0n) is 11.3. The van der Waals surface area contributed by atoms with E-state index in [0.29, 0.717) is 6.54 Å². The van der Waals surface area contributed by atoms with Crippen molar-refractivity contribution in [2.75, 3.05) is 23.4 Å². The van der Waals surface area contributed by atoms with Crippen LogP contribution in [-0.2, 0) is 0 Å². The fourth-order valence-corrected chi connectivity index (χ4v) is 3.27. The molecule has 1 aromatic carbocycles. The minimum atomic E-state index is -0.740. The highest BCUT2D eigenvalue weighted by atomic mass is 32.2. The average Bonchev–Trinajstić information content (AvgIpc) is 2.43. The van der Waals surface area contributed by atoms with E-state index in [2.05, 4.69) is 10.6 Å². The van der Waals surface area contributed by atoms with Gasteiger partial charge in [-0.2, -0.15) is 11.8 Å². The molecule has 110 valence electrons. The third kappa shape index (κ3) is 3.62. The zero-order chi connectivity index (χ0) is 14.5. The second kappa shape index (κ2) is 6.92. The van der Waals surface area contributed by atoms with Crippen molar-refractivity contribution >= 4 is 23.4 Å². The van der Waals surface area contributed by atoms with Gasteiger partial charge in [0.15, 0.2) is 0 Å². The summed E-state index contributed by atoms with van der Waals surface area (Å²) >= 11 is 1.85. The Hall–Kier alpha value is -1.30. The van der Waals surface area contributed by atoms with Crippen molar-refractivity contribution in [2.45, 2.75) is 25.8 Å². The number of carbonyl (C=O) groups is 1. The van der Waals surface area contributed by atoms with Crippen molar-refractivity contribution in [1.29, 1.82) is 0 Å². The molecular formula is C14H18F2N2OS. The van der Waals surface area contributed by atoms with Crippen LogP contribution < -0.4 is 10.6 Å². The Balaban J connectivity index is 2.09. The second-order valence-corrected chi connectivity index (χ2v) is 5.93. The van der Waals surface area contributed by atoms with Crippen LogP contribution in [0.4, 0.5) is 14.5 Å². The van der Waals surface area contributed by atoms with Crippen molar-refractivity contribution in [3.63, 3.8) is 0 Å². The molecule has 6 heteroatoms. The number of thioether (sulfide) groups is 1. The Morgan fingerprint density at radius 1 is 1.30 bits per heavy atom. The Bertz CT molecular complexity index is 467. The van der Waals surface area contributed by atoms with Gasteiger partial charge < -0.3 is 10.6 Å². The standard InChI is InChI=1S/C14H18F2N2OS/c1-2-17-13-11(15)7-9(8-12(13)16)14(19)18-10-3-5-20-6-4-10/h7-8,10,17H,2-6H2,1H3,(H,18,19). The maximum Gasteiger partial charge on any atom is 0.251 e. The van der Waals surface area contributed by atoms with Gasteiger partial charge in [0, 0.05) is 18.2 Å². The topological polar surface area (TPSA) is 41.1 Å². The van der Waals surface area contributed by atoms with Crippen molar-refractivity contribution < 1.29 is 13.6 Å². The molecule has 0 saturated carbocycles. The first-order valence-corrected chi connectivity index (χ1v) is 7.88. The van der Waals surface area contributed by atoms with Crippen LogP contribution in [0, 0.1) is 11.6 Å². The Labute approximate surface area is 121 Å². The molecule has 1 aliphatic rings. The molecule has 1 fully saturated rings. The number of benzene rings is 1. The summed E-state index contributed by atoms with van der Waals surface area (Å²) < 4.78 is 27.5. The van der Waals surface area contributed by atoms with Gasteiger partial charge in [0.2, 0.25) is 0 Å². The monoisotopic (exact) mass is 300 g/mol. The van der Waals surface area contributed by atoms with Crippen LogP contribution >= 0.6 is 11.8 Å². The van der Waals surface area contributed by atoms with Gasteiger partial charge >= 0.3 is 0 Å². The lowest BCUT2D eigenvalue weighted by Crippen LogP contribution is -2.37. The summed E-state index contributed by atoms with van der Waals surface area (Å²) in [5.74, 6) is 0.121. The molecule has 0 aliphatic carbocycles. The molecule has 1 heterocycles. The van der Waals surface area contributed by atoms with E-state index < -0.39 is 17.5 Å². The largest absolute Gasteiger partial charge is 0.381 e. The van der Waals surface area contributed by atoms with E-state index in [1.54, 1.807) is 6.92 Å². The van der Waals surface area contributed by atoms with Crippen LogP contribution in [0.25, 0.3) is 0 Å². The fourth-order valence-electron chi connectivity index (χ4n) is 2.16. The molecule has 1 aliphatic heterocycles. The highest BCUT2D eigenvalue weighted by molar-refractivity contribution is 7.99. The predicted octanol–water partition coefficient (Wildman–Crippen LogP) is 3.02. The van der Waals surface area contributed by atoms with Gasteiger partial charge in [0.25, 0.3) is 5.91 Å². The van der Waals surface area contributed by atoms with Crippen LogP contribution in [0.3, 0.4) is 0 Å². The molecule has 2 N–H and O–H groups in total. The molecule has 0 spiro atoms. The summed E-state index contributed by atoms with van der Waals surface area (Å²) in [4.78, 5) is 12.0. The number of hydrogen-bond acceptors (Lipinski definition) is 3. The normalized spacial score (nSPS) is 15.9. The van der Waals surface area contributed by atoms with Gasteiger partial charge in [-0.15, -0.1) is 0 Å². The molecule has 1 amide bonds. The average molecular weight is 300 g/mol. The van der Waals surface area contributed by atoms with Gasteiger partial charge in [-0.3, -0.25) is 4.79 Å². The highest BCUT2D eigenvalue weighted by Crippen LogP contribution is 2.22. The quantitative estimate of drug-likeness (QED) is 0.898. The van der Waals surface area contributed by atoms with E-state index in [1.165, 1.54) is 0 Å². The molecule has 2 rings (SSSR count). The summed E-state index contributed by atoms with van der Waals surface area (Å²) in [6, 6.07) is 2.26. The first-order chi connectivity index (χ1) is 9.61. The number of nitrogens with one attached hydrogen (secondary N) is 2. The van der Waals surface area contributed by atoms with Crippen molar-refractivity contribution in [2.24, 2.45) is 0 Å². The van der Waals surface area contributed by atoms with Crippen LogP contribution in [0.15, 0.2) is 12.1 Å². The van der Waals surface area contributed by atoms with E-state index in [9.17, 15) is 13.6 Å². The lowest BCUT2D eigenvalue weighted by molar-refractivity contribution is 0.0934. The molecule has 1 saturated heterocycles. The van der Waals surface area contributed by atoms with Gasteiger partial charge in [-0.1, -0.05) is 0 Å². The predicted molar refractivity (Wildman–Crippen MR) is 78.3 cm³/mol. The zero-order valence-corrected chi connectivity index (χ0v) is 12.2. The fraction of sp³-hybridized carbons (Fsp3) is 0.500. The molecule has 0 atom stereocenters. The summed E-state index contributed by atoms with van der Waals surface area (Å²) in [6.07, 6.45) is 1.80. The minimum Gasteiger partial charge on any atom is -0.381 e. The lowest BCUT2D eigenvalue weighted by Gasteiger charge is -2.22. The summed E-state index contributed by atoms with van der Waals surface area (Å²) in [7, 11) is 0. The van der Waals surface area contributed by atoms with Crippen LogP contribution in [0.2, 0.25) is 0 Å². The van der Waals surface area contributed by atoms with Gasteiger partial charge in [-0.25, -0.2) is 8.78 Å². The van der Waals surface area contributed by atoms with E-state index in [4.69, 9.17) is 0 Å².